The van der Waals surface area contributed by atoms with E-state index in [2.05, 4.69) is 21.2 Å². The summed E-state index contributed by atoms with van der Waals surface area (Å²) in [4.78, 5) is 6.25. The Bertz CT molecular complexity index is 659. The van der Waals surface area contributed by atoms with Crippen molar-refractivity contribution in [1.29, 1.82) is 0 Å². The zero-order chi connectivity index (χ0) is 14.4. The molecule has 0 amide bonds. The molecule has 1 aromatic carbocycles. The van der Waals surface area contributed by atoms with Crippen molar-refractivity contribution in [2.45, 2.75) is 44.2 Å². The van der Waals surface area contributed by atoms with Gasteiger partial charge < -0.3 is 5.32 Å². The smallest absolute Gasteiger partial charge is 0.123 e. The van der Waals surface area contributed by atoms with Crippen LogP contribution in [-0.4, -0.2) is 11.0 Å². The Kier molecular flexibility index (Phi) is 3.59. The van der Waals surface area contributed by atoms with Crippen molar-refractivity contribution in [1.82, 2.24) is 10.3 Å². The van der Waals surface area contributed by atoms with Gasteiger partial charge in [0, 0.05) is 15.4 Å². The van der Waals surface area contributed by atoms with Crippen LogP contribution in [0.1, 0.15) is 46.4 Å². The number of hydrogen-bond donors (Lipinski definition) is 1. The number of aryl methyl sites for hydroxylation is 2. The second-order valence-electron chi connectivity index (χ2n) is 5.82. The maximum atomic E-state index is 13.7. The fraction of sp³-hybridized carbons (Fsp3) is 0.438. The number of rotatable bonds is 4. The van der Waals surface area contributed by atoms with E-state index in [-0.39, 0.29) is 11.9 Å². The summed E-state index contributed by atoms with van der Waals surface area (Å²) in [6, 6.07) is 5.44. The Balaban J connectivity index is 1.74. The summed E-state index contributed by atoms with van der Waals surface area (Å²) in [7, 11) is 0. The van der Waals surface area contributed by atoms with Gasteiger partial charge in [-0.2, -0.15) is 0 Å². The van der Waals surface area contributed by atoms with Gasteiger partial charge in [-0.25, -0.2) is 9.37 Å². The predicted molar refractivity (Wildman–Crippen MR) is 86.2 cm³/mol. The van der Waals surface area contributed by atoms with Gasteiger partial charge in [-0.15, -0.1) is 11.3 Å². The van der Waals surface area contributed by atoms with Crippen LogP contribution in [0.3, 0.4) is 0 Å². The summed E-state index contributed by atoms with van der Waals surface area (Å²) >= 11 is 5.36. The fourth-order valence-corrected chi connectivity index (χ4v) is 4.56. The van der Waals surface area contributed by atoms with Gasteiger partial charge in [-0.05, 0) is 55.9 Å². The first kappa shape index (κ1) is 13.9. The predicted octanol–water partition coefficient (Wildman–Crippen LogP) is 4.37. The molecule has 1 fully saturated rings. The third-order valence-corrected chi connectivity index (χ3v) is 6.05. The van der Waals surface area contributed by atoms with E-state index >= 15 is 0 Å². The summed E-state index contributed by atoms with van der Waals surface area (Å²) in [6.07, 6.45) is 5.86. The lowest BCUT2D eigenvalue weighted by molar-refractivity contribution is 0.581. The molecule has 0 radical (unpaired) electrons. The highest BCUT2D eigenvalue weighted by atomic mass is 79.9. The number of nitrogens with zero attached hydrogens (tertiary/aromatic N) is 1. The monoisotopic (exact) mass is 366 g/mol. The lowest BCUT2D eigenvalue weighted by Crippen LogP contribution is -2.25. The molecule has 5 heteroatoms. The molecule has 0 spiro atoms. The summed E-state index contributed by atoms with van der Waals surface area (Å²) in [5, 5.41) is 4.71. The van der Waals surface area contributed by atoms with Crippen molar-refractivity contribution in [2.75, 3.05) is 0 Å². The zero-order valence-corrected chi connectivity index (χ0v) is 13.9. The van der Waals surface area contributed by atoms with Gasteiger partial charge >= 0.3 is 0 Å². The van der Waals surface area contributed by atoms with E-state index in [1.54, 1.807) is 23.5 Å². The van der Waals surface area contributed by atoms with Crippen LogP contribution in [0, 0.1) is 5.82 Å². The molecule has 4 rings (SSSR count). The van der Waals surface area contributed by atoms with Crippen molar-refractivity contribution >= 4 is 27.3 Å². The van der Waals surface area contributed by atoms with Gasteiger partial charge in [0.1, 0.15) is 10.8 Å². The standard InChI is InChI=1S/C16H16BrFN2S/c17-12-7-4-9(18)8-11(12)15(19-10-5-6-10)16-20-13-2-1-3-14(13)21-16/h4,7-8,10,15,19H,1-3,5-6H2. The summed E-state index contributed by atoms with van der Waals surface area (Å²) in [5.41, 5.74) is 2.21. The summed E-state index contributed by atoms with van der Waals surface area (Å²) in [6.45, 7) is 0. The molecule has 21 heavy (non-hydrogen) atoms. The van der Waals surface area contributed by atoms with Crippen LogP contribution in [0.4, 0.5) is 4.39 Å². The van der Waals surface area contributed by atoms with Crippen LogP contribution < -0.4 is 5.32 Å². The average Bonchev–Trinajstić information content (AvgIpc) is 3.02. The number of thiazole rings is 1. The second kappa shape index (κ2) is 5.45. The van der Waals surface area contributed by atoms with Gasteiger partial charge in [0.05, 0.1) is 11.7 Å². The summed E-state index contributed by atoms with van der Waals surface area (Å²) in [5.74, 6) is -0.195. The van der Waals surface area contributed by atoms with Crippen LogP contribution >= 0.6 is 27.3 Å². The number of aromatic nitrogens is 1. The fourth-order valence-electron chi connectivity index (χ4n) is 2.85. The highest BCUT2D eigenvalue weighted by Gasteiger charge is 2.30. The zero-order valence-electron chi connectivity index (χ0n) is 11.5. The van der Waals surface area contributed by atoms with E-state index in [9.17, 15) is 4.39 Å². The van der Waals surface area contributed by atoms with E-state index < -0.39 is 0 Å². The molecule has 1 saturated carbocycles. The first-order valence-corrected chi connectivity index (χ1v) is 9.01. The normalized spacial score (nSPS) is 18.8. The molecule has 0 bridgehead atoms. The molecule has 110 valence electrons. The Morgan fingerprint density at radius 1 is 1.33 bits per heavy atom. The topological polar surface area (TPSA) is 24.9 Å². The molecule has 1 unspecified atom stereocenters. The minimum Gasteiger partial charge on any atom is -0.301 e. The molecular formula is C16H16BrFN2S. The number of halogens is 2. The number of nitrogens with one attached hydrogen (secondary N) is 1. The van der Waals surface area contributed by atoms with E-state index in [0.29, 0.717) is 6.04 Å². The molecular weight excluding hydrogens is 351 g/mol. The van der Waals surface area contributed by atoms with E-state index in [4.69, 9.17) is 4.98 Å². The number of hydrogen-bond acceptors (Lipinski definition) is 3. The largest absolute Gasteiger partial charge is 0.301 e. The van der Waals surface area contributed by atoms with Crippen molar-refractivity contribution in [2.24, 2.45) is 0 Å². The first-order chi connectivity index (χ1) is 10.2. The maximum Gasteiger partial charge on any atom is 0.123 e. The van der Waals surface area contributed by atoms with E-state index in [1.165, 1.54) is 35.9 Å². The van der Waals surface area contributed by atoms with Gasteiger partial charge in [0.2, 0.25) is 0 Å². The Labute approximate surface area is 135 Å². The van der Waals surface area contributed by atoms with Gasteiger partial charge in [-0.3, -0.25) is 0 Å². The Hall–Kier alpha value is -0.780. The molecule has 0 aliphatic heterocycles. The van der Waals surface area contributed by atoms with Gasteiger partial charge in [0.15, 0.2) is 0 Å². The molecule has 1 heterocycles. The molecule has 2 aliphatic carbocycles. The van der Waals surface area contributed by atoms with Crippen molar-refractivity contribution in [3.05, 3.63) is 49.6 Å². The lowest BCUT2D eigenvalue weighted by atomic mass is 10.1. The average molecular weight is 367 g/mol. The van der Waals surface area contributed by atoms with Gasteiger partial charge in [0.25, 0.3) is 0 Å². The highest BCUT2D eigenvalue weighted by Crippen LogP contribution is 2.37. The third-order valence-electron chi connectivity index (χ3n) is 4.11. The number of fused-ring (bicyclic) bond motifs is 1. The Morgan fingerprint density at radius 2 is 2.19 bits per heavy atom. The van der Waals surface area contributed by atoms with E-state index in [0.717, 1.165) is 27.9 Å². The second-order valence-corrected chi connectivity index (χ2v) is 7.78. The quantitative estimate of drug-likeness (QED) is 0.868. The van der Waals surface area contributed by atoms with E-state index in [1.807, 2.05) is 0 Å². The molecule has 1 atom stereocenters. The molecule has 2 aliphatic rings. The minimum absolute atomic E-state index is 0.00169. The van der Waals surface area contributed by atoms with Crippen LogP contribution in [-0.2, 0) is 12.8 Å². The van der Waals surface area contributed by atoms with Gasteiger partial charge in [-0.1, -0.05) is 15.9 Å². The van der Waals surface area contributed by atoms with Crippen LogP contribution in [0.5, 0.6) is 0 Å². The SMILES string of the molecule is Fc1ccc(Br)c(C(NC2CC2)c2nc3c(s2)CCC3)c1. The highest BCUT2D eigenvalue weighted by molar-refractivity contribution is 9.10. The first-order valence-electron chi connectivity index (χ1n) is 7.40. The van der Waals surface area contributed by atoms with Crippen molar-refractivity contribution in [3.63, 3.8) is 0 Å². The molecule has 2 nitrogen and oxygen atoms in total. The molecule has 0 saturated heterocycles. The maximum absolute atomic E-state index is 13.7. The molecule has 2 aromatic rings. The van der Waals surface area contributed by atoms with Crippen LogP contribution in [0.2, 0.25) is 0 Å². The summed E-state index contributed by atoms with van der Waals surface area (Å²) < 4.78 is 14.6. The minimum atomic E-state index is -0.195. The Morgan fingerprint density at radius 3 is 2.95 bits per heavy atom. The van der Waals surface area contributed by atoms with Crippen LogP contribution in [0.25, 0.3) is 0 Å². The third kappa shape index (κ3) is 2.79. The lowest BCUT2D eigenvalue weighted by Gasteiger charge is -2.18. The molecule has 1 N–H and O–H groups in total. The number of benzene rings is 1. The van der Waals surface area contributed by atoms with Crippen LogP contribution in [0.15, 0.2) is 22.7 Å². The van der Waals surface area contributed by atoms with Crippen molar-refractivity contribution < 1.29 is 4.39 Å². The van der Waals surface area contributed by atoms with Crippen molar-refractivity contribution in [3.8, 4) is 0 Å². The molecule has 1 aromatic heterocycles.